The number of hydrogen-bond acceptors (Lipinski definition) is 6. The Kier molecular flexibility index (Phi) is 4.29. The van der Waals surface area contributed by atoms with Gasteiger partial charge in [0.05, 0.1) is 43.4 Å². The number of aromatic nitrogens is 1. The topological polar surface area (TPSA) is 53.1 Å². The second-order valence-electron chi connectivity index (χ2n) is 6.98. The molecular formula is C16H25BN2O4. The lowest BCUT2D eigenvalue weighted by atomic mass is 9.79. The standard InChI is InChI=1S/C16H25BN2O4/c1-15(2)16(3,4)23-17(22-15)13-10-12(11-18-14(13)20-5)19-6-8-21-9-7-19/h10-11H,6-9H2,1-5H3. The molecule has 2 aliphatic rings. The Hall–Kier alpha value is -1.31. The maximum absolute atomic E-state index is 6.15. The maximum atomic E-state index is 6.15. The van der Waals surface area contributed by atoms with E-state index in [9.17, 15) is 0 Å². The van der Waals surface area contributed by atoms with Crippen LogP contribution >= 0.6 is 0 Å². The molecule has 2 aliphatic heterocycles. The van der Waals surface area contributed by atoms with Gasteiger partial charge >= 0.3 is 7.12 Å². The summed E-state index contributed by atoms with van der Waals surface area (Å²) in [6.45, 7) is 11.3. The molecule has 3 heterocycles. The van der Waals surface area contributed by atoms with E-state index in [1.54, 1.807) is 7.11 Å². The summed E-state index contributed by atoms with van der Waals surface area (Å²) in [6.07, 6.45) is 1.83. The van der Waals surface area contributed by atoms with E-state index < -0.39 is 18.3 Å². The molecule has 0 unspecified atom stereocenters. The van der Waals surface area contributed by atoms with E-state index >= 15 is 0 Å². The van der Waals surface area contributed by atoms with Crippen molar-refractivity contribution in [2.75, 3.05) is 38.3 Å². The fourth-order valence-electron chi connectivity index (χ4n) is 2.76. The molecule has 0 bridgehead atoms. The summed E-state index contributed by atoms with van der Waals surface area (Å²) in [6, 6.07) is 2.05. The highest BCUT2D eigenvalue weighted by Gasteiger charge is 2.52. The van der Waals surface area contributed by atoms with Gasteiger partial charge < -0.3 is 23.7 Å². The predicted octanol–water partition coefficient (Wildman–Crippen LogP) is 1.23. The Morgan fingerprint density at radius 3 is 2.30 bits per heavy atom. The first-order valence-electron chi connectivity index (χ1n) is 8.06. The van der Waals surface area contributed by atoms with E-state index in [0.717, 1.165) is 37.5 Å². The van der Waals surface area contributed by atoms with Crippen LogP contribution in [0.3, 0.4) is 0 Å². The summed E-state index contributed by atoms with van der Waals surface area (Å²) in [5.74, 6) is 0.542. The molecular weight excluding hydrogens is 295 g/mol. The van der Waals surface area contributed by atoms with Gasteiger partial charge in [-0.25, -0.2) is 4.98 Å². The molecule has 0 aliphatic carbocycles. The largest absolute Gasteiger partial charge is 0.500 e. The van der Waals surface area contributed by atoms with Crippen LogP contribution in [-0.2, 0) is 14.0 Å². The SMILES string of the molecule is COc1ncc(N2CCOCC2)cc1B1OC(C)(C)C(C)(C)O1. The van der Waals surface area contributed by atoms with Gasteiger partial charge in [0.25, 0.3) is 0 Å². The number of pyridine rings is 1. The minimum absolute atomic E-state index is 0.391. The van der Waals surface area contributed by atoms with E-state index in [4.69, 9.17) is 18.8 Å². The van der Waals surface area contributed by atoms with Crippen LogP contribution in [0.2, 0.25) is 0 Å². The van der Waals surface area contributed by atoms with Gasteiger partial charge in [-0.05, 0) is 33.8 Å². The van der Waals surface area contributed by atoms with Crippen molar-refractivity contribution in [1.82, 2.24) is 4.98 Å². The van der Waals surface area contributed by atoms with Gasteiger partial charge in [0.2, 0.25) is 5.88 Å². The zero-order chi connectivity index (χ0) is 16.7. The van der Waals surface area contributed by atoms with Gasteiger partial charge in [-0.3, -0.25) is 0 Å². The average molecular weight is 320 g/mol. The molecule has 2 fully saturated rings. The lowest BCUT2D eigenvalue weighted by Crippen LogP contribution is -2.41. The lowest BCUT2D eigenvalue weighted by Gasteiger charge is -2.32. The van der Waals surface area contributed by atoms with Crippen molar-refractivity contribution in [2.45, 2.75) is 38.9 Å². The van der Waals surface area contributed by atoms with Crippen molar-refractivity contribution in [3.63, 3.8) is 0 Å². The Labute approximate surface area is 138 Å². The second kappa shape index (κ2) is 5.96. The number of methoxy groups -OCH3 is 1. The van der Waals surface area contributed by atoms with Crippen molar-refractivity contribution in [2.24, 2.45) is 0 Å². The first kappa shape index (κ1) is 16.5. The Morgan fingerprint density at radius 2 is 1.74 bits per heavy atom. The monoisotopic (exact) mass is 320 g/mol. The van der Waals surface area contributed by atoms with E-state index in [1.165, 1.54) is 0 Å². The molecule has 0 N–H and O–H groups in total. The fourth-order valence-corrected chi connectivity index (χ4v) is 2.76. The van der Waals surface area contributed by atoms with Gasteiger partial charge in [-0.1, -0.05) is 0 Å². The van der Waals surface area contributed by atoms with Crippen LogP contribution in [0, 0.1) is 0 Å². The number of ether oxygens (including phenoxy) is 2. The molecule has 0 radical (unpaired) electrons. The molecule has 7 heteroatoms. The highest BCUT2D eigenvalue weighted by Crippen LogP contribution is 2.37. The molecule has 6 nitrogen and oxygen atoms in total. The first-order valence-corrected chi connectivity index (χ1v) is 8.06. The second-order valence-corrected chi connectivity index (χ2v) is 6.98. The lowest BCUT2D eigenvalue weighted by molar-refractivity contribution is 0.00578. The summed E-state index contributed by atoms with van der Waals surface area (Å²) in [5, 5.41) is 0. The van der Waals surface area contributed by atoms with Crippen molar-refractivity contribution in [1.29, 1.82) is 0 Å². The Bertz CT molecular complexity index is 557. The maximum Gasteiger partial charge on any atom is 0.500 e. The molecule has 0 spiro atoms. The first-order chi connectivity index (χ1) is 10.8. The zero-order valence-corrected chi connectivity index (χ0v) is 14.6. The van der Waals surface area contributed by atoms with Gasteiger partial charge in [0.1, 0.15) is 0 Å². The number of morpholine rings is 1. The summed E-state index contributed by atoms with van der Waals surface area (Å²) in [7, 11) is 1.13. The van der Waals surface area contributed by atoms with Crippen LogP contribution in [-0.4, -0.2) is 56.7 Å². The number of anilines is 1. The smallest absolute Gasteiger partial charge is 0.481 e. The van der Waals surface area contributed by atoms with E-state index in [-0.39, 0.29) is 0 Å². The zero-order valence-electron chi connectivity index (χ0n) is 14.6. The highest BCUT2D eigenvalue weighted by molar-refractivity contribution is 6.63. The molecule has 0 saturated carbocycles. The van der Waals surface area contributed by atoms with Gasteiger partial charge in [-0.15, -0.1) is 0 Å². The summed E-state index contributed by atoms with van der Waals surface area (Å²) in [5.41, 5.74) is 1.09. The van der Waals surface area contributed by atoms with E-state index in [2.05, 4.69) is 16.0 Å². The van der Waals surface area contributed by atoms with Crippen molar-refractivity contribution in [3.8, 4) is 5.88 Å². The highest BCUT2D eigenvalue weighted by atomic mass is 16.7. The van der Waals surface area contributed by atoms with E-state index in [0.29, 0.717) is 5.88 Å². The number of hydrogen-bond donors (Lipinski definition) is 0. The molecule has 1 aromatic rings. The molecule has 126 valence electrons. The van der Waals surface area contributed by atoms with Crippen LogP contribution in [0.15, 0.2) is 12.3 Å². The summed E-state index contributed by atoms with van der Waals surface area (Å²) >= 11 is 0. The quantitative estimate of drug-likeness (QED) is 0.781. The molecule has 1 aromatic heterocycles. The third-order valence-electron chi connectivity index (χ3n) is 4.94. The molecule has 3 rings (SSSR count). The molecule has 23 heavy (non-hydrogen) atoms. The van der Waals surface area contributed by atoms with Crippen LogP contribution in [0.4, 0.5) is 5.69 Å². The van der Waals surface area contributed by atoms with Crippen LogP contribution in [0.1, 0.15) is 27.7 Å². The third-order valence-corrected chi connectivity index (χ3v) is 4.94. The normalized spacial score (nSPS) is 23.2. The summed E-state index contributed by atoms with van der Waals surface area (Å²) in [4.78, 5) is 6.70. The minimum Gasteiger partial charge on any atom is -0.481 e. The van der Waals surface area contributed by atoms with Gasteiger partial charge in [0, 0.05) is 18.6 Å². The van der Waals surface area contributed by atoms with Gasteiger partial charge in [0.15, 0.2) is 0 Å². The number of nitrogens with zero attached hydrogens (tertiary/aromatic N) is 2. The van der Waals surface area contributed by atoms with Gasteiger partial charge in [-0.2, -0.15) is 0 Å². The number of rotatable bonds is 3. The minimum atomic E-state index is -0.483. The van der Waals surface area contributed by atoms with Crippen molar-refractivity contribution in [3.05, 3.63) is 12.3 Å². The van der Waals surface area contributed by atoms with Crippen LogP contribution < -0.4 is 15.1 Å². The third kappa shape index (κ3) is 3.05. The van der Waals surface area contributed by atoms with E-state index in [1.807, 2.05) is 33.9 Å². The van der Waals surface area contributed by atoms with Crippen molar-refractivity contribution < 1.29 is 18.8 Å². The average Bonchev–Trinajstić information content (AvgIpc) is 2.75. The van der Waals surface area contributed by atoms with Crippen LogP contribution in [0.5, 0.6) is 5.88 Å². The summed E-state index contributed by atoms with van der Waals surface area (Å²) < 4.78 is 23.1. The van der Waals surface area contributed by atoms with Crippen LogP contribution in [0.25, 0.3) is 0 Å². The Morgan fingerprint density at radius 1 is 1.13 bits per heavy atom. The predicted molar refractivity (Wildman–Crippen MR) is 89.5 cm³/mol. The van der Waals surface area contributed by atoms with Crippen molar-refractivity contribution >= 4 is 18.3 Å². The molecule has 2 saturated heterocycles. The molecule has 0 amide bonds. The molecule has 0 aromatic carbocycles. The fraction of sp³-hybridized carbons (Fsp3) is 0.688. The molecule has 0 atom stereocenters. The Balaban J connectivity index is 1.91.